The molecule has 1 aliphatic rings. The molecule has 0 unspecified atom stereocenters. The van der Waals surface area contributed by atoms with E-state index in [-0.39, 0.29) is 11.7 Å². The van der Waals surface area contributed by atoms with E-state index in [2.05, 4.69) is 67.3 Å². The molecule has 0 atom stereocenters. The molecule has 3 radical (unpaired) electrons. The van der Waals surface area contributed by atoms with Crippen LogP contribution in [0, 0.1) is 0 Å². The summed E-state index contributed by atoms with van der Waals surface area (Å²) in [5, 5.41) is 2.37. The first-order chi connectivity index (χ1) is 15.1. The molecule has 1 aliphatic heterocycles. The summed E-state index contributed by atoms with van der Waals surface area (Å²) in [6.07, 6.45) is 8.02. The zero-order valence-electron chi connectivity index (χ0n) is 17.4. The molecule has 5 rings (SSSR count). The van der Waals surface area contributed by atoms with Gasteiger partial charge in [-0.05, 0) is 52.5 Å². The Balaban J connectivity index is 0.00000245. The van der Waals surface area contributed by atoms with Crippen molar-refractivity contribution in [3.05, 3.63) is 80.4 Å². The molecule has 3 heterocycles. The van der Waals surface area contributed by atoms with Gasteiger partial charge in [-0.25, -0.2) is 4.98 Å². The molecule has 0 fully saturated rings. The van der Waals surface area contributed by atoms with Gasteiger partial charge in [-0.2, -0.15) is 0 Å². The third-order valence-electron chi connectivity index (χ3n) is 5.95. The van der Waals surface area contributed by atoms with Crippen molar-refractivity contribution in [1.82, 2.24) is 25.6 Å². The second kappa shape index (κ2) is 9.58. The van der Waals surface area contributed by atoms with Gasteiger partial charge in [0, 0.05) is 64.5 Å². The zero-order valence-corrected chi connectivity index (χ0v) is 19.7. The van der Waals surface area contributed by atoms with Crippen molar-refractivity contribution < 1.29 is 0 Å². The summed E-state index contributed by atoms with van der Waals surface area (Å²) in [6.45, 7) is 3.55. The van der Waals surface area contributed by atoms with Gasteiger partial charge >= 0.3 is 0 Å². The summed E-state index contributed by atoms with van der Waals surface area (Å²) in [5.74, 6) is 0. The summed E-state index contributed by atoms with van der Waals surface area (Å²) in [6, 6.07) is 11.9. The van der Waals surface area contributed by atoms with E-state index in [0.717, 1.165) is 36.9 Å². The number of nitrogens with one attached hydrogen (secondary N) is 1. The van der Waals surface area contributed by atoms with Crippen LogP contribution in [0.25, 0.3) is 27.4 Å². The van der Waals surface area contributed by atoms with Gasteiger partial charge in [-0.3, -0.25) is 14.3 Å². The van der Waals surface area contributed by atoms with Gasteiger partial charge in [0.1, 0.15) is 0 Å². The van der Waals surface area contributed by atoms with Crippen molar-refractivity contribution in [3.8, 4) is 0 Å². The van der Waals surface area contributed by atoms with E-state index in [0.29, 0.717) is 22.5 Å². The van der Waals surface area contributed by atoms with Crippen LogP contribution < -0.4 is 11.7 Å². The van der Waals surface area contributed by atoms with Crippen LogP contribution >= 0.6 is 27.5 Å². The average Bonchev–Trinajstić information content (AvgIpc) is 3.20. The number of fused-ring (bicyclic) bond motifs is 2. The zero-order chi connectivity index (χ0) is 21.4. The summed E-state index contributed by atoms with van der Waals surface area (Å²) in [5.41, 5.74) is 4.51. The number of aryl methyl sites for hydroxylation is 1. The summed E-state index contributed by atoms with van der Waals surface area (Å²) in [7, 11) is 0. The number of halogens is 2. The molecule has 0 aliphatic carbocycles. The van der Waals surface area contributed by atoms with Crippen molar-refractivity contribution in [1.29, 1.82) is 0 Å². The number of H-pyrrole nitrogens is 1. The lowest BCUT2D eigenvalue weighted by atomic mass is 9.99. The molecule has 4 aromatic rings. The molecular formula is C24H22BrClN5O. The first-order valence-corrected chi connectivity index (χ1v) is 11.6. The molecule has 163 valence electrons. The Morgan fingerprint density at radius 2 is 2.00 bits per heavy atom. The Hall–Kier alpha value is -2.45. The van der Waals surface area contributed by atoms with Crippen molar-refractivity contribution in [3.63, 3.8) is 0 Å². The third kappa shape index (κ3) is 4.38. The van der Waals surface area contributed by atoms with Crippen LogP contribution in [-0.2, 0) is 6.54 Å². The van der Waals surface area contributed by atoms with Crippen LogP contribution in [0.3, 0.4) is 0 Å². The molecule has 32 heavy (non-hydrogen) atoms. The number of para-hydroxylation sites is 1. The standard InChI is InChI=1S/C24H22BrClN4O.N/c25-21-13-17(26)12-19-23(21)28-15-30(24(19)31)9-3-8-29-10-6-16(7-11-29)20-14-27-22-5-2-1-4-18(20)22;/h1-2,4-6,12-15,27H,3,7-11H2;. The highest BCUT2D eigenvalue weighted by atomic mass is 79.9. The van der Waals surface area contributed by atoms with E-state index in [4.69, 9.17) is 11.6 Å². The van der Waals surface area contributed by atoms with Gasteiger partial charge in [-0.1, -0.05) is 35.9 Å². The number of hydrogen-bond acceptors (Lipinski definition) is 3. The second-order valence-corrected chi connectivity index (χ2v) is 9.20. The lowest BCUT2D eigenvalue weighted by Crippen LogP contribution is -2.31. The van der Waals surface area contributed by atoms with Crippen molar-refractivity contribution in [2.45, 2.75) is 19.4 Å². The molecule has 0 spiro atoms. The molecule has 0 saturated heterocycles. The van der Waals surface area contributed by atoms with Gasteiger partial charge in [-0.15, -0.1) is 0 Å². The van der Waals surface area contributed by atoms with Gasteiger partial charge in [0.2, 0.25) is 0 Å². The van der Waals surface area contributed by atoms with E-state index < -0.39 is 0 Å². The third-order valence-corrected chi connectivity index (χ3v) is 6.77. The van der Waals surface area contributed by atoms with Crippen LogP contribution in [-0.4, -0.2) is 39.1 Å². The maximum atomic E-state index is 12.8. The number of aromatic nitrogens is 3. The number of rotatable bonds is 5. The van der Waals surface area contributed by atoms with Crippen molar-refractivity contribution in [2.24, 2.45) is 0 Å². The lowest BCUT2D eigenvalue weighted by Gasteiger charge is -2.26. The van der Waals surface area contributed by atoms with Crippen molar-refractivity contribution >= 4 is 54.9 Å². The number of hydrogen-bond donors (Lipinski definition) is 1. The summed E-state index contributed by atoms with van der Waals surface area (Å²) >= 11 is 9.55. The SMILES string of the molecule is O=c1c2cc(Cl)cc(Br)c2ncn1CCCN1CC=C(c2c[nH]c3ccccc23)CC1.[N]. The lowest BCUT2D eigenvalue weighted by molar-refractivity contribution is 0.291. The maximum absolute atomic E-state index is 12.8. The molecular weight excluding hydrogens is 490 g/mol. The van der Waals surface area contributed by atoms with Crippen LogP contribution in [0.15, 0.2) is 64.3 Å². The topological polar surface area (TPSA) is 84.4 Å². The smallest absolute Gasteiger partial charge is 0.261 e. The molecule has 1 N–H and O–H groups in total. The summed E-state index contributed by atoms with van der Waals surface area (Å²) in [4.78, 5) is 23.1. The fraction of sp³-hybridized carbons (Fsp3) is 0.250. The second-order valence-electron chi connectivity index (χ2n) is 7.91. The molecule has 0 bridgehead atoms. The first-order valence-electron chi connectivity index (χ1n) is 10.4. The van der Waals surface area contributed by atoms with E-state index in [9.17, 15) is 4.79 Å². The Kier molecular flexibility index (Phi) is 6.81. The highest BCUT2D eigenvalue weighted by molar-refractivity contribution is 9.10. The van der Waals surface area contributed by atoms with E-state index in [1.165, 1.54) is 22.0 Å². The first kappa shape index (κ1) is 22.7. The van der Waals surface area contributed by atoms with E-state index >= 15 is 0 Å². The van der Waals surface area contributed by atoms with Crippen LogP contribution in [0.1, 0.15) is 18.4 Å². The average molecular weight is 512 g/mol. The Morgan fingerprint density at radius 3 is 2.81 bits per heavy atom. The predicted molar refractivity (Wildman–Crippen MR) is 133 cm³/mol. The highest BCUT2D eigenvalue weighted by Gasteiger charge is 2.15. The van der Waals surface area contributed by atoms with Crippen LogP contribution in [0.4, 0.5) is 0 Å². The Morgan fingerprint density at radius 1 is 1.16 bits per heavy atom. The van der Waals surface area contributed by atoms with Crippen LogP contribution in [0.2, 0.25) is 5.02 Å². The van der Waals surface area contributed by atoms with E-state index in [1.807, 2.05) is 0 Å². The van der Waals surface area contributed by atoms with Gasteiger partial charge in [0.25, 0.3) is 5.56 Å². The van der Waals surface area contributed by atoms with E-state index in [1.54, 1.807) is 23.0 Å². The summed E-state index contributed by atoms with van der Waals surface area (Å²) < 4.78 is 2.42. The molecule has 2 aromatic heterocycles. The number of aromatic amines is 1. The fourth-order valence-corrected chi connectivity index (χ4v) is 5.23. The normalized spacial score (nSPS) is 14.5. The largest absolute Gasteiger partial charge is 0.361 e. The molecule has 0 saturated carbocycles. The Bertz CT molecular complexity index is 1360. The minimum Gasteiger partial charge on any atom is -0.361 e. The maximum Gasteiger partial charge on any atom is 0.261 e. The monoisotopic (exact) mass is 510 g/mol. The van der Waals surface area contributed by atoms with Gasteiger partial charge < -0.3 is 4.98 Å². The minimum atomic E-state index is -0.0478. The predicted octanol–water partition coefficient (Wildman–Crippen LogP) is 4.99. The number of nitrogens with zero attached hydrogens (tertiary/aromatic N) is 4. The molecule has 0 amide bonds. The minimum absolute atomic E-state index is 0. The Labute approximate surface area is 199 Å². The molecule has 6 nitrogen and oxygen atoms in total. The van der Waals surface area contributed by atoms with Gasteiger partial charge in [0.05, 0.1) is 17.2 Å². The molecule has 8 heteroatoms. The highest BCUT2D eigenvalue weighted by Crippen LogP contribution is 2.29. The van der Waals surface area contributed by atoms with Crippen molar-refractivity contribution in [2.75, 3.05) is 19.6 Å². The van der Waals surface area contributed by atoms with Gasteiger partial charge in [0.15, 0.2) is 0 Å². The quantitative estimate of drug-likeness (QED) is 0.409. The molecule has 2 aromatic carbocycles. The van der Waals surface area contributed by atoms with Crippen LogP contribution in [0.5, 0.6) is 0 Å². The number of benzene rings is 2. The fourth-order valence-electron chi connectivity index (χ4n) is 4.31.